The Morgan fingerprint density at radius 1 is 1.19 bits per heavy atom. The van der Waals surface area contributed by atoms with Crippen molar-refractivity contribution in [3.8, 4) is 0 Å². The molecule has 1 heterocycles. The number of esters is 1. The van der Waals surface area contributed by atoms with Gasteiger partial charge in [-0.15, -0.1) is 0 Å². The molecule has 4 amide bonds. The lowest BCUT2D eigenvalue weighted by molar-refractivity contribution is -0.153. The zero-order chi connectivity index (χ0) is 20.4. The van der Waals surface area contributed by atoms with Crippen molar-refractivity contribution in [2.75, 3.05) is 26.2 Å². The molecule has 0 radical (unpaired) electrons. The van der Waals surface area contributed by atoms with Crippen LogP contribution in [-0.4, -0.2) is 60.7 Å². The average molecular weight is 385 g/mol. The van der Waals surface area contributed by atoms with Crippen molar-refractivity contribution >= 4 is 24.0 Å². The molecule has 154 valence electrons. The van der Waals surface area contributed by atoms with Crippen molar-refractivity contribution in [3.63, 3.8) is 0 Å². The summed E-state index contributed by atoms with van der Waals surface area (Å²) in [4.78, 5) is 48.9. The number of nitrogens with zero attached hydrogens (tertiary/aromatic N) is 1. The topological polar surface area (TPSA) is 114 Å². The van der Waals surface area contributed by atoms with E-state index in [1.54, 1.807) is 20.8 Å². The van der Waals surface area contributed by atoms with E-state index in [0.717, 1.165) is 12.8 Å². The van der Waals surface area contributed by atoms with Crippen molar-refractivity contribution in [2.24, 2.45) is 5.92 Å². The number of rotatable bonds is 6. The summed E-state index contributed by atoms with van der Waals surface area (Å²) >= 11 is 0. The van der Waals surface area contributed by atoms with Gasteiger partial charge < -0.3 is 19.7 Å². The lowest BCUT2D eigenvalue weighted by Crippen LogP contribution is -2.45. The van der Waals surface area contributed by atoms with Crippen molar-refractivity contribution in [1.82, 2.24) is 15.5 Å². The van der Waals surface area contributed by atoms with Crippen LogP contribution < -0.4 is 10.6 Å². The number of carbonyl (C=O) groups is 4. The second-order valence-corrected chi connectivity index (χ2v) is 7.53. The molecular weight excluding hydrogens is 354 g/mol. The summed E-state index contributed by atoms with van der Waals surface area (Å²) in [6.07, 6.45) is 2.48. The average Bonchev–Trinajstić information content (AvgIpc) is 2.58. The quantitative estimate of drug-likeness (QED) is 0.532. The predicted molar refractivity (Wildman–Crippen MR) is 97.9 cm³/mol. The molecule has 0 saturated carbocycles. The molecule has 9 nitrogen and oxygen atoms in total. The number of likely N-dealkylation sites (tertiary alicyclic amines) is 1. The van der Waals surface area contributed by atoms with E-state index in [0.29, 0.717) is 25.9 Å². The van der Waals surface area contributed by atoms with Crippen molar-refractivity contribution in [1.29, 1.82) is 0 Å². The normalized spacial score (nSPS) is 17.0. The number of hydrogen-bond acceptors (Lipinski definition) is 6. The zero-order valence-corrected chi connectivity index (χ0v) is 16.6. The van der Waals surface area contributed by atoms with Gasteiger partial charge in [0.25, 0.3) is 5.91 Å². The summed E-state index contributed by atoms with van der Waals surface area (Å²) < 4.78 is 10.3. The summed E-state index contributed by atoms with van der Waals surface area (Å²) in [5, 5.41) is 4.63. The van der Waals surface area contributed by atoms with Crippen LogP contribution >= 0.6 is 0 Å². The summed E-state index contributed by atoms with van der Waals surface area (Å²) in [6.45, 7) is 7.94. The smallest absolute Gasteiger partial charge is 0.410 e. The molecule has 1 unspecified atom stereocenters. The van der Waals surface area contributed by atoms with Crippen LogP contribution in [0.1, 0.15) is 53.4 Å². The minimum absolute atomic E-state index is 0.187. The highest BCUT2D eigenvalue weighted by atomic mass is 16.6. The maximum Gasteiger partial charge on any atom is 0.410 e. The molecule has 1 rings (SSSR count). The summed E-state index contributed by atoms with van der Waals surface area (Å²) in [6, 6.07) is -0.613. The molecule has 1 atom stereocenters. The molecular formula is C18H31N3O6. The molecule has 1 fully saturated rings. The molecule has 0 aromatic rings. The molecule has 27 heavy (non-hydrogen) atoms. The van der Waals surface area contributed by atoms with Gasteiger partial charge in [-0.2, -0.15) is 0 Å². The first-order valence-electron chi connectivity index (χ1n) is 9.34. The monoisotopic (exact) mass is 385 g/mol. The van der Waals surface area contributed by atoms with Gasteiger partial charge in [-0.3, -0.25) is 14.9 Å². The molecule has 1 aliphatic rings. The van der Waals surface area contributed by atoms with E-state index >= 15 is 0 Å². The van der Waals surface area contributed by atoms with Crippen LogP contribution in [0.5, 0.6) is 0 Å². The van der Waals surface area contributed by atoms with Gasteiger partial charge in [0.1, 0.15) is 5.60 Å². The Morgan fingerprint density at radius 3 is 2.52 bits per heavy atom. The van der Waals surface area contributed by atoms with Crippen LogP contribution in [0.25, 0.3) is 0 Å². The molecule has 2 N–H and O–H groups in total. The molecule has 0 bridgehead atoms. The number of piperidine rings is 1. The number of carbonyl (C=O) groups excluding carboxylic acids is 4. The van der Waals surface area contributed by atoms with E-state index < -0.39 is 42.1 Å². The van der Waals surface area contributed by atoms with Gasteiger partial charge in [0, 0.05) is 19.6 Å². The summed E-state index contributed by atoms with van der Waals surface area (Å²) in [5.41, 5.74) is -0.611. The number of unbranched alkanes of at least 4 members (excludes halogenated alkanes) is 1. The van der Waals surface area contributed by atoms with Crippen molar-refractivity contribution in [2.45, 2.75) is 59.0 Å². The molecule has 1 saturated heterocycles. The van der Waals surface area contributed by atoms with Gasteiger partial charge in [0.05, 0.1) is 5.92 Å². The molecule has 1 aliphatic heterocycles. The highest BCUT2D eigenvalue weighted by molar-refractivity contribution is 5.95. The van der Waals surface area contributed by atoms with Gasteiger partial charge in [0.15, 0.2) is 6.61 Å². The Balaban J connectivity index is 2.38. The van der Waals surface area contributed by atoms with E-state index in [1.807, 2.05) is 6.92 Å². The van der Waals surface area contributed by atoms with E-state index in [1.165, 1.54) is 4.90 Å². The zero-order valence-electron chi connectivity index (χ0n) is 16.6. The van der Waals surface area contributed by atoms with Crippen LogP contribution in [0.15, 0.2) is 0 Å². The Bertz CT molecular complexity index is 544. The highest BCUT2D eigenvalue weighted by Crippen LogP contribution is 2.20. The van der Waals surface area contributed by atoms with Crippen LogP contribution in [-0.2, 0) is 19.1 Å². The number of amides is 4. The minimum atomic E-state index is -0.697. The Hall–Kier alpha value is -2.32. The third kappa shape index (κ3) is 9.25. The molecule has 9 heteroatoms. The summed E-state index contributed by atoms with van der Waals surface area (Å²) in [5.74, 6) is -1.78. The second-order valence-electron chi connectivity index (χ2n) is 7.53. The first-order chi connectivity index (χ1) is 12.6. The van der Waals surface area contributed by atoms with E-state index in [2.05, 4.69) is 10.6 Å². The van der Waals surface area contributed by atoms with Gasteiger partial charge in [0.2, 0.25) is 0 Å². The van der Waals surface area contributed by atoms with E-state index in [4.69, 9.17) is 9.47 Å². The molecule has 0 aliphatic carbocycles. The van der Waals surface area contributed by atoms with Crippen molar-refractivity contribution in [3.05, 3.63) is 0 Å². The molecule has 0 aromatic heterocycles. The third-order valence-corrected chi connectivity index (χ3v) is 3.82. The first kappa shape index (κ1) is 22.7. The maximum absolute atomic E-state index is 12.2. The maximum atomic E-state index is 12.2. The molecule has 0 aromatic carbocycles. The Morgan fingerprint density at radius 2 is 1.89 bits per heavy atom. The lowest BCUT2D eigenvalue weighted by Gasteiger charge is -2.33. The van der Waals surface area contributed by atoms with Crippen molar-refractivity contribution < 1.29 is 28.7 Å². The van der Waals surface area contributed by atoms with E-state index in [9.17, 15) is 19.2 Å². The standard InChI is InChI=1S/C18H31N3O6/c1-5-6-9-19-16(24)20-14(22)12-26-15(23)13-8-7-10-21(11-13)17(25)27-18(2,3)4/h13H,5-12H2,1-4H3,(H2,19,20,22,24). The number of ether oxygens (including phenoxy) is 2. The predicted octanol–water partition coefficient (Wildman–Crippen LogP) is 1.80. The van der Waals surface area contributed by atoms with Gasteiger partial charge in [-0.1, -0.05) is 13.3 Å². The van der Waals surface area contributed by atoms with E-state index in [-0.39, 0.29) is 6.54 Å². The van der Waals surface area contributed by atoms with Gasteiger partial charge >= 0.3 is 18.1 Å². The third-order valence-electron chi connectivity index (χ3n) is 3.82. The van der Waals surface area contributed by atoms with Crippen LogP contribution in [0.3, 0.4) is 0 Å². The fourth-order valence-corrected chi connectivity index (χ4v) is 2.50. The largest absolute Gasteiger partial charge is 0.455 e. The number of hydrogen-bond donors (Lipinski definition) is 2. The summed E-state index contributed by atoms with van der Waals surface area (Å²) in [7, 11) is 0. The minimum Gasteiger partial charge on any atom is -0.455 e. The fraction of sp³-hybridized carbons (Fsp3) is 0.778. The fourth-order valence-electron chi connectivity index (χ4n) is 2.50. The number of nitrogens with one attached hydrogen (secondary N) is 2. The van der Waals surface area contributed by atoms with Gasteiger partial charge in [-0.05, 0) is 40.0 Å². The Labute approximate surface area is 160 Å². The second kappa shape index (κ2) is 10.7. The SMILES string of the molecule is CCCCNC(=O)NC(=O)COC(=O)C1CCCN(C(=O)OC(C)(C)C)C1. The Kier molecular flexibility index (Phi) is 9.04. The first-order valence-corrected chi connectivity index (χ1v) is 9.34. The molecule has 0 spiro atoms. The highest BCUT2D eigenvalue weighted by Gasteiger charge is 2.32. The van der Waals surface area contributed by atoms with Crippen LogP contribution in [0, 0.1) is 5.92 Å². The lowest BCUT2D eigenvalue weighted by atomic mass is 9.98. The number of imide groups is 1. The van der Waals surface area contributed by atoms with Crippen LogP contribution in [0.2, 0.25) is 0 Å². The number of urea groups is 1. The van der Waals surface area contributed by atoms with Crippen LogP contribution in [0.4, 0.5) is 9.59 Å². The van der Waals surface area contributed by atoms with Gasteiger partial charge in [-0.25, -0.2) is 9.59 Å².